The molecule has 2 aliphatic rings. The average Bonchev–Trinajstić information content (AvgIpc) is 2.87. The lowest BCUT2D eigenvalue weighted by atomic mass is 9.73. The topological polar surface area (TPSA) is 42.9 Å². The molecule has 0 spiro atoms. The first kappa shape index (κ1) is 25.6. The molecular weight excluding hydrogens is 463 g/mol. The van der Waals surface area contributed by atoms with Crippen LogP contribution in [0, 0.1) is 11.8 Å². The van der Waals surface area contributed by atoms with E-state index in [1.807, 2.05) is 12.4 Å². The predicted octanol–water partition coefficient (Wildman–Crippen LogP) is 8.94. The minimum atomic E-state index is 0.350. The maximum absolute atomic E-state index is 13.2. The van der Waals surface area contributed by atoms with Gasteiger partial charge in [-0.2, -0.15) is 0 Å². The van der Waals surface area contributed by atoms with Crippen molar-refractivity contribution in [1.29, 1.82) is 0 Å². The molecule has 0 bridgehead atoms. The van der Waals surface area contributed by atoms with Crippen molar-refractivity contribution in [3.05, 3.63) is 58.1 Å². The third-order valence-electron chi connectivity index (χ3n) is 8.31. The minimum absolute atomic E-state index is 0.350. The molecule has 2 saturated carbocycles. The Bertz CT molecular complexity index is 848. The molecule has 2 aromatic heterocycles. The second-order valence-corrected chi connectivity index (χ2v) is 11.2. The molecule has 5 heteroatoms. The Morgan fingerprint density at radius 3 is 1.53 bits per heavy atom. The number of Topliss-reactive ketones (excluding diaryl/α,β-unsaturated/α-hetero) is 1. The van der Waals surface area contributed by atoms with Crippen LogP contribution in [0.2, 0.25) is 10.0 Å². The van der Waals surface area contributed by atoms with Gasteiger partial charge in [-0.15, -0.1) is 0 Å². The number of hydrogen-bond acceptors (Lipinski definition) is 3. The average molecular weight is 502 g/mol. The van der Waals surface area contributed by atoms with E-state index in [0.717, 1.165) is 22.9 Å². The van der Waals surface area contributed by atoms with Crippen LogP contribution in [0.4, 0.5) is 0 Å². The number of pyridine rings is 2. The van der Waals surface area contributed by atoms with E-state index in [-0.39, 0.29) is 0 Å². The molecule has 3 nitrogen and oxygen atoms in total. The number of halogens is 2. The highest BCUT2D eigenvalue weighted by molar-refractivity contribution is 6.31. The molecule has 0 N–H and O–H groups in total. The van der Waals surface area contributed by atoms with Crippen molar-refractivity contribution in [1.82, 2.24) is 9.97 Å². The largest absolute Gasteiger partial charge is 0.300 e. The summed E-state index contributed by atoms with van der Waals surface area (Å²) in [5.41, 5.74) is 2.36. The van der Waals surface area contributed by atoms with Crippen LogP contribution in [0.15, 0.2) is 36.9 Å². The number of nitrogens with zero attached hydrogens (tertiary/aromatic N) is 2. The smallest absolute Gasteiger partial charge is 0.132 e. The first-order valence-corrected chi connectivity index (χ1v) is 14.1. The second kappa shape index (κ2) is 13.0. The summed E-state index contributed by atoms with van der Waals surface area (Å²) in [6.07, 6.45) is 23.0. The van der Waals surface area contributed by atoms with E-state index in [9.17, 15) is 4.79 Å². The number of rotatable bonds is 10. The third-order valence-corrected chi connectivity index (χ3v) is 8.94. The number of hydrogen-bond donors (Lipinski definition) is 0. The molecule has 2 aliphatic carbocycles. The van der Waals surface area contributed by atoms with E-state index in [0.29, 0.717) is 42.3 Å². The van der Waals surface area contributed by atoms with Crippen LogP contribution in [0.1, 0.15) is 113 Å². The van der Waals surface area contributed by atoms with Crippen molar-refractivity contribution in [2.24, 2.45) is 11.8 Å². The van der Waals surface area contributed by atoms with Gasteiger partial charge in [0.1, 0.15) is 5.78 Å². The van der Waals surface area contributed by atoms with E-state index >= 15 is 0 Å². The fourth-order valence-corrected chi connectivity index (χ4v) is 7.01. The van der Waals surface area contributed by atoms with E-state index in [1.165, 1.54) is 75.3 Å². The zero-order chi connectivity index (χ0) is 23.8. The molecule has 0 aromatic carbocycles. The van der Waals surface area contributed by atoms with Crippen molar-refractivity contribution < 1.29 is 4.79 Å². The van der Waals surface area contributed by atoms with E-state index < -0.39 is 0 Å². The lowest BCUT2D eigenvalue weighted by molar-refractivity contribution is -0.119. The summed E-state index contributed by atoms with van der Waals surface area (Å²) in [4.78, 5) is 21.5. The van der Waals surface area contributed by atoms with Gasteiger partial charge in [0.05, 0.1) is 10.0 Å². The Hall–Kier alpha value is -1.45. The lowest BCUT2D eigenvalue weighted by Crippen LogP contribution is -2.19. The lowest BCUT2D eigenvalue weighted by Gasteiger charge is -2.32. The second-order valence-electron chi connectivity index (χ2n) is 10.4. The zero-order valence-corrected chi connectivity index (χ0v) is 21.7. The molecule has 184 valence electrons. The molecule has 0 radical (unpaired) electrons. The molecule has 2 atom stereocenters. The van der Waals surface area contributed by atoms with Crippen LogP contribution in [0.5, 0.6) is 0 Å². The molecule has 0 saturated heterocycles. The first-order chi connectivity index (χ1) is 16.6. The van der Waals surface area contributed by atoms with Crippen LogP contribution in [-0.4, -0.2) is 15.8 Å². The summed E-state index contributed by atoms with van der Waals surface area (Å²) in [6, 6.07) is 4.13. The van der Waals surface area contributed by atoms with Crippen LogP contribution < -0.4 is 0 Å². The monoisotopic (exact) mass is 500 g/mol. The fourth-order valence-electron chi connectivity index (χ4n) is 6.49. The fraction of sp³-hybridized carbons (Fsp3) is 0.621. The number of carbonyl (C=O) groups excluding carboxylic acids is 1. The van der Waals surface area contributed by atoms with E-state index in [2.05, 4.69) is 22.1 Å². The normalized spacial score (nSPS) is 19.6. The zero-order valence-electron chi connectivity index (χ0n) is 20.2. The van der Waals surface area contributed by atoms with E-state index in [1.54, 1.807) is 12.4 Å². The van der Waals surface area contributed by atoms with Gasteiger partial charge < -0.3 is 0 Å². The number of aromatic nitrogens is 2. The van der Waals surface area contributed by atoms with Crippen LogP contribution >= 0.6 is 23.2 Å². The van der Waals surface area contributed by atoms with Gasteiger partial charge >= 0.3 is 0 Å². The molecule has 0 amide bonds. The Morgan fingerprint density at radius 1 is 0.735 bits per heavy atom. The number of ketones is 1. The summed E-state index contributed by atoms with van der Waals surface area (Å²) in [6.45, 7) is 0. The summed E-state index contributed by atoms with van der Waals surface area (Å²) >= 11 is 13.1. The predicted molar refractivity (Wildman–Crippen MR) is 141 cm³/mol. The maximum Gasteiger partial charge on any atom is 0.132 e. The summed E-state index contributed by atoms with van der Waals surface area (Å²) < 4.78 is 0. The molecule has 0 aliphatic heterocycles. The number of carbonyl (C=O) groups is 1. The Kier molecular flexibility index (Phi) is 9.82. The molecule has 2 fully saturated rings. The highest BCUT2D eigenvalue weighted by Crippen LogP contribution is 2.43. The van der Waals surface area contributed by atoms with Crippen LogP contribution in [-0.2, 0) is 4.79 Å². The van der Waals surface area contributed by atoms with Gasteiger partial charge in [-0.05, 0) is 85.5 Å². The Labute approximate surface area is 215 Å². The highest BCUT2D eigenvalue weighted by Gasteiger charge is 2.29. The van der Waals surface area contributed by atoms with Crippen LogP contribution in [0.25, 0.3) is 0 Å². The van der Waals surface area contributed by atoms with Crippen molar-refractivity contribution in [2.75, 3.05) is 0 Å². The van der Waals surface area contributed by atoms with Gasteiger partial charge in [-0.25, -0.2) is 0 Å². The van der Waals surface area contributed by atoms with Gasteiger partial charge in [0.15, 0.2) is 0 Å². The standard InChI is InChI=1S/C29H38Cl2N2O/c30-28-19-32-17-15-26(28)24(21-7-3-1-4-8-21)13-11-23(34)12-14-25(22-9-5-2-6-10-22)27-16-18-33-20-29(27)31/h15-22,24-25H,1-14H2/t24-,25-/m0/s1. The van der Waals surface area contributed by atoms with Gasteiger partial charge in [-0.3, -0.25) is 14.8 Å². The van der Waals surface area contributed by atoms with E-state index in [4.69, 9.17) is 23.2 Å². The van der Waals surface area contributed by atoms with Gasteiger partial charge in [-0.1, -0.05) is 61.7 Å². The first-order valence-electron chi connectivity index (χ1n) is 13.3. The summed E-state index contributed by atoms with van der Waals surface area (Å²) in [5.74, 6) is 2.31. The van der Waals surface area contributed by atoms with Crippen LogP contribution in [0.3, 0.4) is 0 Å². The van der Waals surface area contributed by atoms with Gasteiger partial charge in [0.2, 0.25) is 0 Å². The SMILES string of the molecule is O=C(CC[C@H](c1ccncc1Cl)C1CCCCC1)CC[C@H](c1ccncc1Cl)C1CCCCC1. The molecule has 4 rings (SSSR count). The molecule has 2 aromatic rings. The summed E-state index contributed by atoms with van der Waals surface area (Å²) in [7, 11) is 0. The molecule has 34 heavy (non-hydrogen) atoms. The minimum Gasteiger partial charge on any atom is -0.300 e. The van der Waals surface area contributed by atoms with Crippen molar-refractivity contribution >= 4 is 29.0 Å². The highest BCUT2D eigenvalue weighted by atomic mass is 35.5. The molecular formula is C29H38Cl2N2O. The van der Waals surface area contributed by atoms with Gasteiger partial charge in [0.25, 0.3) is 0 Å². The maximum atomic E-state index is 13.2. The molecule has 2 heterocycles. The van der Waals surface area contributed by atoms with Gasteiger partial charge in [0, 0.05) is 37.6 Å². The van der Waals surface area contributed by atoms with Crippen molar-refractivity contribution in [3.8, 4) is 0 Å². The Morgan fingerprint density at radius 2 is 1.15 bits per heavy atom. The van der Waals surface area contributed by atoms with Crippen molar-refractivity contribution in [3.63, 3.8) is 0 Å². The Balaban J connectivity index is 1.40. The van der Waals surface area contributed by atoms with Crippen molar-refractivity contribution in [2.45, 2.75) is 102 Å². The third kappa shape index (κ3) is 6.82. The molecule has 0 unspecified atom stereocenters. The quantitative estimate of drug-likeness (QED) is 0.326. The summed E-state index contributed by atoms with van der Waals surface area (Å²) in [5, 5.41) is 1.49.